The number of benzene rings is 1. The molecule has 1 N–H and O–H groups in total. The van der Waals surface area contributed by atoms with Crippen LogP contribution >= 0.6 is 0 Å². The topological polar surface area (TPSA) is 89.3 Å². The fourth-order valence-electron chi connectivity index (χ4n) is 4.42. The lowest BCUT2D eigenvalue weighted by molar-refractivity contribution is -0.133. The molecular formula is C23H29N5O3. The van der Waals surface area contributed by atoms with Crippen LogP contribution in [0, 0.1) is 5.41 Å². The third-order valence-electron chi connectivity index (χ3n) is 5.95. The molecule has 0 saturated heterocycles. The Morgan fingerprint density at radius 3 is 2.61 bits per heavy atom. The molecule has 1 aromatic carbocycles. The summed E-state index contributed by atoms with van der Waals surface area (Å²) in [5.74, 6) is 1.35. The van der Waals surface area contributed by atoms with Crippen LogP contribution in [0.4, 0.5) is 5.95 Å². The Balaban J connectivity index is 1.59. The molecule has 0 unspecified atom stereocenters. The number of hydrogen-bond acceptors (Lipinski definition) is 6. The van der Waals surface area contributed by atoms with Crippen molar-refractivity contribution in [2.75, 3.05) is 25.0 Å². The monoisotopic (exact) mass is 423 g/mol. The van der Waals surface area contributed by atoms with Gasteiger partial charge in [0, 0.05) is 30.8 Å². The van der Waals surface area contributed by atoms with Crippen LogP contribution in [0.3, 0.4) is 0 Å². The predicted molar refractivity (Wildman–Crippen MR) is 117 cm³/mol. The van der Waals surface area contributed by atoms with Gasteiger partial charge < -0.3 is 15.0 Å². The summed E-state index contributed by atoms with van der Waals surface area (Å²) in [6.07, 6.45) is 2.79. The van der Waals surface area contributed by atoms with E-state index in [4.69, 9.17) is 4.74 Å². The minimum Gasteiger partial charge on any atom is -0.484 e. The molecule has 4 rings (SSSR count). The van der Waals surface area contributed by atoms with Gasteiger partial charge in [-0.2, -0.15) is 10.1 Å². The number of nitrogens with one attached hydrogen (secondary N) is 1. The smallest absolute Gasteiger partial charge is 0.260 e. The van der Waals surface area contributed by atoms with Crippen molar-refractivity contribution < 1.29 is 14.3 Å². The van der Waals surface area contributed by atoms with Crippen molar-refractivity contribution in [2.24, 2.45) is 5.41 Å². The van der Waals surface area contributed by atoms with Crippen LogP contribution in [0.5, 0.6) is 5.75 Å². The van der Waals surface area contributed by atoms with Crippen molar-refractivity contribution in [3.63, 3.8) is 0 Å². The van der Waals surface area contributed by atoms with Crippen LogP contribution < -0.4 is 10.1 Å². The molecule has 1 aromatic heterocycles. The van der Waals surface area contributed by atoms with Gasteiger partial charge in [-0.1, -0.05) is 26.0 Å². The van der Waals surface area contributed by atoms with E-state index in [1.54, 1.807) is 9.58 Å². The Morgan fingerprint density at radius 2 is 1.94 bits per heavy atom. The summed E-state index contributed by atoms with van der Waals surface area (Å²) >= 11 is 0. The first-order chi connectivity index (χ1) is 14.8. The van der Waals surface area contributed by atoms with E-state index < -0.39 is 0 Å². The standard InChI is InChI=1S/C23H29N5O3/c1-5-27(6-2)19(30)13-31-16-9-7-15(8-10-16)21-20-17(11-23(3,4)12-18(20)29)26-22-24-14-25-28(21)22/h7-10,14,21H,5-6,11-13H2,1-4H3,(H,24,25,26)/t21-/m1/s1. The second-order valence-corrected chi connectivity index (χ2v) is 8.81. The van der Waals surface area contributed by atoms with Crippen molar-refractivity contribution in [3.05, 3.63) is 47.4 Å². The molecular weight excluding hydrogens is 394 g/mol. The van der Waals surface area contributed by atoms with Gasteiger partial charge >= 0.3 is 0 Å². The number of amides is 1. The van der Waals surface area contributed by atoms with E-state index in [0.29, 0.717) is 31.2 Å². The van der Waals surface area contributed by atoms with Crippen molar-refractivity contribution in [2.45, 2.75) is 46.6 Å². The van der Waals surface area contributed by atoms with E-state index in [0.717, 1.165) is 23.3 Å². The molecule has 8 heteroatoms. The second kappa shape index (κ2) is 8.17. The molecule has 0 bridgehead atoms. The van der Waals surface area contributed by atoms with Gasteiger partial charge in [-0.25, -0.2) is 4.68 Å². The fourth-order valence-corrected chi connectivity index (χ4v) is 4.42. The Labute approximate surface area is 182 Å². The van der Waals surface area contributed by atoms with Gasteiger partial charge in [0.2, 0.25) is 5.95 Å². The molecule has 8 nitrogen and oxygen atoms in total. The van der Waals surface area contributed by atoms with Crippen molar-refractivity contribution in [1.29, 1.82) is 0 Å². The number of hydrogen-bond donors (Lipinski definition) is 1. The van der Waals surface area contributed by atoms with E-state index in [1.165, 1.54) is 6.33 Å². The number of carbonyl (C=O) groups is 2. The molecule has 0 fully saturated rings. The lowest BCUT2D eigenvalue weighted by Gasteiger charge is -2.38. The molecule has 2 heterocycles. The van der Waals surface area contributed by atoms with E-state index in [-0.39, 0.29) is 29.8 Å². The quantitative estimate of drug-likeness (QED) is 0.768. The molecule has 2 aromatic rings. The highest BCUT2D eigenvalue weighted by molar-refractivity contribution is 6.00. The van der Waals surface area contributed by atoms with Crippen LogP contribution in [0.25, 0.3) is 0 Å². The Morgan fingerprint density at radius 1 is 1.23 bits per heavy atom. The summed E-state index contributed by atoms with van der Waals surface area (Å²) in [4.78, 5) is 31.3. The summed E-state index contributed by atoms with van der Waals surface area (Å²) in [5.41, 5.74) is 2.51. The zero-order valence-corrected chi connectivity index (χ0v) is 18.5. The number of aromatic nitrogens is 3. The van der Waals surface area contributed by atoms with Crippen LogP contribution in [0.2, 0.25) is 0 Å². The highest BCUT2D eigenvalue weighted by Crippen LogP contribution is 2.45. The minimum absolute atomic E-state index is 0.00443. The van der Waals surface area contributed by atoms with E-state index >= 15 is 0 Å². The number of ether oxygens (including phenoxy) is 1. The first-order valence-corrected chi connectivity index (χ1v) is 10.8. The normalized spacial score (nSPS) is 19.4. The summed E-state index contributed by atoms with van der Waals surface area (Å²) in [6, 6.07) is 7.19. The highest BCUT2D eigenvalue weighted by Gasteiger charge is 2.41. The molecule has 164 valence electrons. The minimum atomic E-state index is -0.330. The van der Waals surface area contributed by atoms with Gasteiger partial charge in [-0.15, -0.1) is 0 Å². The van der Waals surface area contributed by atoms with E-state index in [1.807, 2.05) is 38.1 Å². The zero-order valence-electron chi connectivity index (χ0n) is 18.5. The Kier molecular flexibility index (Phi) is 5.56. The number of Topliss-reactive ketones (excluding diaryl/α,β-unsaturated/α-hetero) is 1. The van der Waals surface area contributed by atoms with E-state index in [9.17, 15) is 9.59 Å². The van der Waals surface area contributed by atoms with Crippen LogP contribution in [0.1, 0.15) is 52.1 Å². The van der Waals surface area contributed by atoms with Gasteiger partial charge in [0.1, 0.15) is 18.1 Å². The molecule has 31 heavy (non-hydrogen) atoms. The molecule has 0 spiro atoms. The number of nitrogens with zero attached hydrogens (tertiary/aromatic N) is 4. The third-order valence-corrected chi connectivity index (χ3v) is 5.95. The van der Waals surface area contributed by atoms with Crippen LogP contribution in [-0.4, -0.2) is 51.1 Å². The molecule has 0 saturated carbocycles. The number of anilines is 1. The average Bonchev–Trinajstić information content (AvgIpc) is 3.19. The number of carbonyl (C=O) groups excluding carboxylic acids is 2. The molecule has 1 amide bonds. The maximum absolute atomic E-state index is 13.1. The van der Waals surface area contributed by atoms with Crippen LogP contribution in [0.15, 0.2) is 41.9 Å². The van der Waals surface area contributed by atoms with Gasteiger partial charge in [0.25, 0.3) is 5.91 Å². The van der Waals surface area contributed by atoms with Crippen molar-refractivity contribution in [1.82, 2.24) is 19.7 Å². The largest absolute Gasteiger partial charge is 0.484 e. The third kappa shape index (κ3) is 4.06. The van der Waals surface area contributed by atoms with Gasteiger partial charge in [0.05, 0.1) is 0 Å². The molecule has 1 atom stereocenters. The maximum atomic E-state index is 13.1. The number of rotatable bonds is 6. The lowest BCUT2D eigenvalue weighted by atomic mass is 9.73. The summed E-state index contributed by atoms with van der Waals surface area (Å²) in [7, 11) is 0. The summed E-state index contributed by atoms with van der Waals surface area (Å²) in [5, 5.41) is 7.68. The zero-order chi connectivity index (χ0) is 22.2. The molecule has 1 aliphatic heterocycles. The SMILES string of the molecule is CCN(CC)C(=O)COc1ccc([C@@H]2C3=C(CC(C)(C)CC3=O)Nc3ncnn32)cc1. The maximum Gasteiger partial charge on any atom is 0.260 e. The van der Waals surface area contributed by atoms with Crippen LogP contribution in [-0.2, 0) is 9.59 Å². The predicted octanol–water partition coefficient (Wildman–Crippen LogP) is 3.18. The number of ketones is 1. The van der Waals surface area contributed by atoms with Crippen molar-refractivity contribution >= 4 is 17.6 Å². The molecule has 0 radical (unpaired) electrons. The lowest BCUT2D eigenvalue weighted by Crippen LogP contribution is -2.36. The first-order valence-electron chi connectivity index (χ1n) is 10.8. The number of allylic oxidation sites excluding steroid dienone is 2. The fraction of sp³-hybridized carbons (Fsp3) is 0.478. The molecule has 1 aliphatic carbocycles. The van der Waals surface area contributed by atoms with Gasteiger partial charge in [-0.05, 0) is 43.4 Å². The Bertz CT molecular complexity index is 1020. The average molecular weight is 424 g/mol. The Hall–Kier alpha value is -3.16. The number of fused-ring (bicyclic) bond motifs is 1. The summed E-state index contributed by atoms with van der Waals surface area (Å²) < 4.78 is 7.45. The van der Waals surface area contributed by atoms with Gasteiger partial charge in [-0.3, -0.25) is 9.59 Å². The van der Waals surface area contributed by atoms with Crippen molar-refractivity contribution in [3.8, 4) is 5.75 Å². The number of likely N-dealkylation sites (N-methyl/N-ethyl adjacent to an activating group) is 1. The molecule has 2 aliphatic rings. The first kappa shape index (κ1) is 21.1. The summed E-state index contributed by atoms with van der Waals surface area (Å²) in [6.45, 7) is 9.44. The second-order valence-electron chi connectivity index (χ2n) is 8.81. The highest BCUT2D eigenvalue weighted by atomic mass is 16.5. The van der Waals surface area contributed by atoms with E-state index in [2.05, 4.69) is 29.2 Å². The van der Waals surface area contributed by atoms with Gasteiger partial charge in [0.15, 0.2) is 12.4 Å².